The average molecular weight is 290 g/mol. The number of nitrogens with one attached hydrogen (secondary N) is 2. The molecule has 1 aromatic carbocycles. The summed E-state index contributed by atoms with van der Waals surface area (Å²) in [5.74, 6) is 0.964. The molecule has 0 saturated carbocycles. The third-order valence-corrected chi connectivity index (χ3v) is 3.70. The lowest BCUT2D eigenvalue weighted by Crippen LogP contribution is -2.28. The minimum atomic E-state index is 0.133. The highest BCUT2D eigenvalue weighted by atomic mass is 16.5. The van der Waals surface area contributed by atoms with Crippen molar-refractivity contribution in [1.29, 1.82) is 0 Å². The summed E-state index contributed by atoms with van der Waals surface area (Å²) < 4.78 is 5.71. The lowest BCUT2D eigenvalue weighted by Gasteiger charge is -2.25. The van der Waals surface area contributed by atoms with Gasteiger partial charge in [-0.25, -0.2) is 0 Å². The summed E-state index contributed by atoms with van der Waals surface area (Å²) in [6.45, 7) is 6.32. The molecule has 4 heteroatoms. The molecule has 4 nitrogen and oxygen atoms in total. The van der Waals surface area contributed by atoms with Crippen LogP contribution in [0.15, 0.2) is 18.2 Å². The number of Topliss-reactive ketones (excluding diaryl/α,β-unsaturated/α-hetero) is 1. The molecule has 0 aliphatic carbocycles. The van der Waals surface area contributed by atoms with Crippen molar-refractivity contribution < 1.29 is 9.53 Å². The molecule has 0 saturated heterocycles. The molecular weight excluding hydrogens is 264 g/mol. The molecule has 0 spiro atoms. The molecule has 1 atom stereocenters. The quantitative estimate of drug-likeness (QED) is 0.570. The first-order chi connectivity index (χ1) is 10.2. The second-order valence-electron chi connectivity index (χ2n) is 5.68. The number of hydrogen-bond donors (Lipinski definition) is 2. The minimum Gasteiger partial charge on any atom is -0.487 e. The Bertz CT molecular complexity index is 474. The van der Waals surface area contributed by atoms with E-state index in [4.69, 9.17) is 4.74 Å². The molecule has 116 valence electrons. The molecule has 2 rings (SSSR count). The molecule has 1 aromatic rings. The Morgan fingerprint density at radius 3 is 3.05 bits per heavy atom. The van der Waals surface area contributed by atoms with Crippen molar-refractivity contribution in [2.75, 3.05) is 25.0 Å². The largest absolute Gasteiger partial charge is 0.487 e. The lowest BCUT2D eigenvalue weighted by molar-refractivity contribution is 0.0991. The fraction of sp³-hybridized carbons (Fsp3) is 0.588. The van der Waals surface area contributed by atoms with Crippen molar-refractivity contribution in [3.63, 3.8) is 0 Å². The molecular formula is C17H26N2O2. The van der Waals surface area contributed by atoms with Crippen LogP contribution in [0.5, 0.6) is 5.75 Å². The first kappa shape index (κ1) is 15.8. The van der Waals surface area contributed by atoms with Crippen molar-refractivity contribution in [3.8, 4) is 5.75 Å². The van der Waals surface area contributed by atoms with Crippen LogP contribution >= 0.6 is 0 Å². The third-order valence-electron chi connectivity index (χ3n) is 3.70. The second-order valence-corrected chi connectivity index (χ2v) is 5.68. The Morgan fingerprint density at radius 1 is 1.38 bits per heavy atom. The summed E-state index contributed by atoms with van der Waals surface area (Å²) in [6.07, 6.45) is 5.05. The zero-order valence-corrected chi connectivity index (χ0v) is 13.1. The van der Waals surface area contributed by atoms with Crippen LogP contribution in [-0.2, 0) is 0 Å². The zero-order valence-electron chi connectivity index (χ0n) is 13.1. The summed E-state index contributed by atoms with van der Waals surface area (Å²) in [6, 6.07) is 5.62. The Labute approximate surface area is 127 Å². The van der Waals surface area contributed by atoms with E-state index in [1.54, 1.807) is 0 Å². The van der Waals surface area contributed by atoms with E-state index >= 15 is 0 Å². The van der Waals surface area contributed by atoms with Crippen molar-refractivity contribution in [1.82, 2.24) is 5.32 Å². The van der Waals surface area contributed by atoms with E-state index in [1.807, 2.05) is 25.1 Å². The molecule has 0 fully saturated rings. The maximum atomic E-state index is 12.2. The predicted molar refractivity (Wildman–Crippen MR) is 86.4 cm³/mol. The number of anilines is 1. The molecule has 0 aromatic heterocycles. The van der Waals surface area contributed by atoms with Crippen LogP contribution in [0, 0.1) is 0 Å². The highest BCUT2D eigenvalue weighted by Crippen LogP contribution is 2.29. The van der Waals surface area contributed by atoms with E-state index in [0.717, 1.165) is 36.5 Å². The first-order valence-corrected chi connectivity index (χ1v) is 7.99. The number of rotatable bonds is 8. The molecule has 1 aliphatic rings. The average Bonchev–Trinajstić information content (AvgIpc) is 2.50. The Balaban J connectivity index is 1.80. The monoisotopic (exact) mass is 290 g/mol. The summed E-state index contributed by atoms with van der Waals surface area (Å²) in [4.78, 5) is 12.2. The minimum absolute atomic E-state index is 0.133. The molecule has 0 radical (unpaired) electrons. The number of carbonyl (C=O) groups is 1. The standard InChI is InChI=1S/C17H26N2O2/c1-3-4-5-6-9-18-12-16(20)14-7-8-17-15(10-14)19-11-13(2)21-17/h7-8,10,13,18-19H,3-6,9,11-12H2,1-2H3. The van der Waals surface area contributed by atoms with Gasteiger partial charge in [-0.15, -0.1) is 0 Å². The number of ether oxygens (including phenoxy) is 1. The Morgan fingerprint density at radius 2 is 2.24 bits per heavy atom. The van der Waals surface area contributed by atoms with E-state index in [-0.39, 0.29) is 11.9 Å². The van der Waals surface area contributed by atoms with Gasteiger partial charge in [0.1, 0.15) is 11.9 Å². The fourth-order valence-corrected chi connectivity index (χ4v) is 2.44. The van der Waals surface area contributed by atoms with Gasteiger partial charge in [0.15, 0.2) is 5.78 Å². The third kappa shape index (κ3) is 4.74. The normalized spacial score (nSPS) is 16.8. The smallest absolute Gasteiger partial charge is 0.176 e. The molecule has 1 aliphatic heterocycles. The van der Waals surface area contributed by atoms with Gasteiger partial charge in [0.2, 0.25) is 0 Å². The van der Waals surface area contributed by atoms with E-state index in [1.165, 1.54) is 19.3 Å². The number of fused-ring (bicyclic) bond motifs is 1. The van der Waals surface area contributed by atoms with Gasteiger partial charge in [-0.2, -0.15) is 0 Å². The number of benzene rings is 1. The number of hydrogen-bond acceptors (Lipinski definition) is 4. The van der Waals surface area contributed by atoms with Crippen LogP contribution in [0.2, 0.25) is 0 Å². The Hall–Kier alpha value is -1.55. The van der Waals surface area contributed by atoms with Crippen LogP contribution in [0.1, 0.15) is 49.9 Å². The summed E-state index contributed by atoms with van der Waals surface area (Å²) in [5, 5.41) is 6.53. The molecule has 2 N–H and O–H groups in total. The van der Waals surface area contributed by atoms with Gasteiger partial charge >= 0.3 is 0 Å². The second kappa shape index (κ2) is 8.03. The molecule has 0 amide bonds. The number of ketones is 1. The van der Waals surface area contributed by atoms with Gasteiger partial charge in [0, 0.05) is 5.56 Å². The van der Waals surface area contributed by atoms with Crippen molar-refractivity contribution >= 4 is 11.5 Å². The van der Waals surface area contributed by atoms with E-state index in [0.29, 0.717) is 6.54 Å². The van der Waals surface area contributed by atoms with Gasteiger partial charge in [-0.1, -0.05) is 26.2 Å². The van der Waals surface area contributed by atoms with Crippen LogP contribution in [0.25, 0.3) is 0 Å². The van der Waals surface area contributed by atoms with Gasteiger partial charge < -0.3 is 15.4 Å². The van der Waals surface area contributed by atoms with E-state index in [9.17, 15) is 4.79 Å². The zero-order chi connectivity index (χ0) is 15.1. The number of unbranched alkanes of at least 4 members (excludes halogenated alkanes) is 3. The maximum Gasteiger partial charge on any atom is 0.176 e. The molecule has 21 heavy (non-hydrogen) atoms. The van der Waals surface area contributed by atoms with Gasteiger partial charge in [0.25, 0.3) is 0 Å². The molecule has 1 heterocycles. The molecule has 1 unspecified atom stereocenters. The molecule has 0 bridgehead atoms. The highest BCUT2D eigenvalue weighted by molar-refractivity contribution is 5.98. The highest BCUT2D eigenvalue weighted by Gasteiger charge is 2.17. The summed E-state index contributed by atoms with van der Waals surface area (Å²) >= 11 is 0. The Kier molecular flexibility index (Phi) is 6.05. The SMILES string of the molecule is CCCCCCNCC(=O)c1ccc2c(c1)NCC(C)O2. The van der Waals surface area contributed by atoms with Gasteiger partial charge in [0.05, 0.1) is 18.8 Å². The predicted octanol–water partition coefficient (Wildman–Crippen LogP) is 3.23. The van der Waals surface area contributed by atoms with E-state index in [2.05, 4.69) is 17.6 Å². The maximum absolute atomic E-state index is 12.2. The summed E-state index contributed by atoms with van der Waals surface area (Å²) in [7, 11) is 0. The van der Waals surface area contributed by atoms with Gasteiger partial charge in [-0.3, -0.25) is 4.79 Å². The van der Waals surface area contributed by atoms with Crippen molar-refractivity contribution in [2.24, 2.45) is 0 Å². The van der Waals surface area contributed by atoms with Crippen LogP contribution in [-0.4, -0.2) is 31.5 Å². The fourth-order valence-electron chi connectivity index (χ4n) is 2.44. The van der Waals surface area contributed by atoms with E-state index < -0.39 is 0 Å². The summed E-state index contributed by atoms with van der Waals surface area (Å²) in [5.41, 5.74) is 1.65. The first-order valence-electron chi connectivity index (χ1n) is 7.99. The van der Waals surface area contributed by atoms with Crippen molar-refractivity contribution in [2.45, 2.75) is 45.6 Å². The number of carbonyl (C=O) groups excluding carboxylic acids is 1. The lowest BCUT2D eigenvalue weighted by atomic mass is 10.1. The van der Waals surface area contributed by atoms with Crippen LogP contribution < -0.4 is 15.4 Å². The van der Waals surface area contributed by atoms with Crippen molar-refractivity contribution in [3.05, 3.63) is 23.8 Å². The van der Waals surface area contributed by atoms with Crippen LogP contribution in [0.3, 0.4) is 0 Å². The van der Waals surface area contributed by atoms with Gasteiger partial charge in [-0.05, 0) is 38.1 Å². The van der Waals surface area contributed by atoms with Crippen LogP contribution in [0.4, 0.5) is 5.69 Å². The topological polar surface area (TPSA) is 50.4 Å².